The van der Waals surface area contributed by atoms with Gasteiger partial charge in [0.15, 0.2) is 0 Å². The van der Waals surface area contributed by atoms with E-state index in [9.17, 15) is 13.2 Å². The van der Waals surface area contributed by atoms with Gasteiger partial charge in [-0.2, -0.15) is 8.42 Å². The Kier molecular flexibility index (Phi) is 6.45. The zero-order valence-corrected chi connectivity index (χ0v) is 24.6. The summed E-state index contributed by atoms with van der Waals surface area (Å²) < 4.78 is 27.8. The number of hydrogen-bond donors (Lipinski definition) is 5. The molecule has 6 N–H and O–H groups in total. The maximum atomic E-state index is 14.0. The molecular weight excluding hydrogens is 576 g/mol. The Morgan fingerprint density at radius 2 is 1.75 bits per heavy atom. The van der Waals surface area contributed by atoms with Crippen LogP contribution >= 0.6 is 0 Å². The molecule has 4 heterocycles. The van der Waals surface area contributed by atoms with E-state index in [4.69, 9.17) is 5.14 Å². The largest absolute Gasteiger partial charge is 0.361 e. The Labute approximate surface area is 252 Å². The lowest BCUT2D eigenvalue weighted by atomic mass is 10.0. The first-order valence-electron chi connectivity index (χ1n) is 13.9. The van der Waals surface area contributed by atoms with Gasteiger partial charge >= 0.3 is 0 Å². The van der Waals surface area contributed by atoms with Gasteiger partial charge in [-0.15, -0.1) is 0 Å². The Morgan fingerprint density at radius 3 is 2.55 bits per heavy atom. The highest BCUT2D eigenvalue weighted by molar-refractivity contribution is 7.90. The fourth-order valence-electron chi connectivity index (χ4n) is 5.89. The van der Waals surface area contributed by atoms with Gasteiger partial charge in [-0.25, -0.2) is 15.1 Å². The number of benzene rings is 3. The third-order valence-corrected chi connectivity index (χ3v) is 8.30. The third kappa shape index (κ3) is 4.75. The van der Waals surface area contributed by atoms with E-state index < -0.39 is 10.2 Å². The fraction of sp³-hybridized carbons (Fsp3) is 0.0938. The van der Waals surface area contributed by atoms with Gasteiger partial charge < -0.3 is 15.3 Å². The monoisotopic (exact) mass is 604 g/mol. The van der Waals surface area contributed by atoms with Crippen molar-refractivity contribution in [2.24, 2.45) is 5.14 Å². The minimum atomic E-state index is -4.00. The number of aryl methyl sites for hydroxylation is 1. The second kappa shape index (κ2) is 10.4. The van der Waals surface area contributed by atoms with Crippen LogP contribution in [-0.4, -0.2) is 32.9 Å². The molecule has 0 fully saturated rings. The molecule has 0 amide bonds. The first kappa shape index (κ1) is 27.4. The van der Waals surface area contributed by atoms with Gasteiger partial charge in [-0.1, -0.05) is 36.4 Å². The molecule has 12 heteroatoms. The summed E-state index contributed by atoms with van der Waals surface area (Å²) in [6.07, 6.45) is 5.07. The number of aromatic nitrogens is 5. The number of rotatable bonds is 7. The van der Waals surface area contributed by atoms with Gasteiger partial charge in [0.2, 0.25) is 0 Å². The Balaban J connectivity index is 1.39. The number of aromatic amines is 2. The van der Waals surface area contributed by atoms with Gasteiger partial charge in [-0.05, 0) is 66.8 Å². The van der Waals surface area contributed by atoms with Crippen molar-refractivity contribution in [2.45, 2.75) is 19.9 Å². The Morgan fingerprint density at radius 1 is 0.932 bits per heavy atom. The molecule has 4 aromatic heterocycles. The van der Waals surface area contributed by atoms with Crippen LogP contribution in [0.1, 0.15) is 24.2 Å². The molecule has 44 heavy (non-hydrogen) atoms. The summed E-state index contributed by atoms with van der Waals surface area (Å²) >= 11 is 0. The van der Waals surface area contributed by atoms with E-state index in [-0.39, 0.29) is 11.6 Å². The normalized spacial score (nSPS) is 12.6. The summed E-state index contributed by atoms with van der Waals surface area (Å²) in [5, 5.41) is 11.9. The number of hydrogen-bond acceptors (Lipinski definition) is 6. The van der Waals surface area contributed by atoms with E-state index in [1.54, 1.807) is 22.9 Å². The van der Waals surface area contributed by atoms with Crippen molar-refractivity contribution in [1.29, 1.82) is 0 Å². The van der Waals surface area contributed by atoms with Crippen LogP contribution in [0.5, 0.6) is 0 Å². The predicted molar refractivity (Wildman–Crippen MR) is 174 cm³/mol. The lowest BCUT2D eigenvalue weighted by molar-refractivity contribution is 0.603. The van der Waals surface area contributed by atoms with Crippen LogP contribution in [0.15, 0.2) is 96.3 Å². The average molecular weight is 605 g/mol. The van der Waals surface area contributed by atoms with E-state index >= 15 is 0 Å². The molecule has 0 bridgehead atoms. The van der Waals surface area contributed by atoms with E-state index in [1.807, 2.05) is 80.7 Å². The van der Waals surface area contributed by atoms with Crippen molar-refractivity contribution in [1.82, 2.24) is 24.5 Å². The number of pyridine rings is 1. The quantitative estimate of drug-likeness (QED) is 0.161. The smallest absolute Gasteiger partial charge is 0.296 e. The van der Waals surface area contributed by atoms with Gasteiger partial charge in [0.1, 0.15) is 17.8 Å². The van der Waals surface area contributed by atoms with Crippen molar-refractivity contribution in [3.05, 3.63) is 113 Å². The molecule has 0 saturated carbocycles. The highest BCUT2D eigenvalue weighted by atomic mass is 32.2. The van der Waals surface area contributed by atoms with Gasteiger partial charge in [-0.3, -0.25) is 14.1 Å². The molecule has 11 nitrogen and oxygen atoms in total. The average Bonchev–Trinajstić information content (AvgIpc) is 3.64. The van der Waals surface area contributed by atoms with Crippen LogP contribution in [0.25, 0.3) is 49.5 Å². The van der Waals surface area contributed by atoms with E-state index in [1.165, 1.54) is 6.33 Å². The highest BCUT2D eigenvalue weighted by Crippen LogP contribution is 2.39. The van der Waals surface area contributed by atoms with Crippen molar-refractivity contribution < 1.29 is 8.42 Å². The molecule has 220 valence electrons. The summed E-state index contributed by atoms with van der Waals surface area (Å²) in [6.45, 7) is 3.93. The van der Waals surface area contributed by atoms with Crippen molar-refractivity contribution in [3.8, 4) is 16.8 Å². The number of nitrogens with zero attached hydrogens (tertiary/aromatic N) is 3. The van der Waals surface area contributed by atoms with Gasteiger partial charge in [0.25, 0.3) is 15.8 Å². The number of para-hydroxylation sites is 1. The molecule has 1 unspecified atom stereocenters. The number of nitrogens with two attached hydrogens (primary N) is 1. The van der Waals surface area contributed by atoms with Crippen molar-refractivity contribution >= 4 is 54.4 Å². The topological polar surface area (TPSA) is 164 Å². The van der Waals surface area contributed by atoms with Crippen LogP contribution in [0.3, 0.4) is 0 Å². The molecule has 3 aromatic carbocycles. The third-order valence-electron chi connectivity index (χ3n) is 7.78. The number of nitrogens with one attached hydrogen (secondary N) is 4. The number of H-pyrrole nitrogens is 2. The van der Waals surface area contributed by atoms with Crippen molar-refractivity contribution in [3.63, 3.8) is 0 Å². The zero-order chi connectivity index (χ0) is 30.6. The zero-order valence-electron chi connectivity index (χ0n) is 23.8. The van der Waals surface area contributed by atoms with E-state index in [0.29, 0.717) is 27.9 Å². The molecule has 0 aliphatic rings. The molecule has 0 saturated heterocycles. The summed E-state index contributed by atoms with van der Waals surface area (Å²) in [7, 11) is -4.00. The van der Waals surface area contributed by atoms with Crippen LogP contribution in [-0.2, 0) is 10.2 Å². The van der Waals surface area contributed by atoms with Gasteiger partial charge in [0, 0.05) is 40.2 Å². The molecular formula is C32H28N8O3S. The fourth-order valence-corrected chi connectivity index (χ4v) is 6.34. The first-order chi connectivity index (χ1) is 21.2. The lowest BCUT2D eigenvalue weighted by Crippen LogP contribution is -2.26. The molecule has 0 aliphatic heterocycles. The predicted octanol–water partition coefficient (Wildman–Crippen LogP) is 5.51. The molecule has 7 aromatic rings. The lowest BCUT2D eigenvalue weighted by Gasteiger charge is -2.22. The summed E-state index contributed by atoms with van der Waals surface area (Å²) in [5.74, 6) is 0.545. The van der Waals surface area contributed by atoms with E-state index in [0.717, 1.165) is 44.4 Å². The summed E-state index contributed by atoms with van der Waals surface area (Å²) in [4.78, 5) is 29.4. The number of fused-ring (bicyclic) bond motifs is 3. The van der Waals surface area contributed by atoms with Crippen LogP contribution in [0, 0.1) is 6.92 Å². The molecule has 0 radical (unpaired) electrons. The van der Waals surface area contributed by atoms with Crippen LogP contribution < -0.4 is 20.7 Å². The maximum absolute atomic E-state index is 14.0. The first-order valence-corrected chi connectivity index (χ1v) is 15.4. The Hall–Kier alpha value is -5.46. The minimum absolute atomic E-state index is 0.0976. The van der Waals surface area contributed by atoms with Crippen LogP contribution in [0.4, 0.5) is 11.5 Å². The van der Waals surface area contributed by atoms with E-state index in [2.05, 4.69) is 30.0 Å². The molecule has 7 rings (SSSR count). The second-order valence-corrected chi connectivity index (χ2v) is 12.0. The second-order valence-electron chi connectivity index (χ2n) is 10.7. The van der Waals surface area contributed by atoms with Gasteiger partial charge in [0.05, 0.1) is 22.5 Å². The SMILES string of the molecule is Cc1cccc2cc(C(C)Nc3ncnc4[nH]cc(-c5cc(NS(N)(=O)=O)cc6[nH]ccc56)c34)n(-c3ccccc3)c(=O)c12. The molecule has 0 spiro atoms. The van der Waals surface area contributed by atoms with Crippen LogP contribution in [0.2, 0.25) is 0 Å². The standard InChI is InChI=1S/C32H28N8O3S/c1-18-7-6-8-20-13-27(40(32(41)28(18)20)22-9-4-3-5-10-22)19(2)38-31-29-25(16-35-30(29)36-17-37-31)24-14-21(39-44(33,42)43)15-26-23(24)11-12-34-26/h3-17,19,34,39H,1-2H3,(H2,33,42,43)(H2,35,36,37,38). The van der Waals surface area contributed by atoms with Crippen molar-refractivity contribution in [2.75, 3.05) is 10.0 Å². The minimum Gasteiger partial charge on any atom is -0.361 e. The maximum Gasteiger partial charge on any atom is 0.296 e. The molecule has 0 aliphatic carbocycles. The Bertz CT molecular complexity index is 2380. The number of anilines is 2. The summed E-state index contributed by atoms with van der Waals surface area (Å²) in [5.41, 5.74) is 5.46. The highest BCUT2D eigenvalue weighted by Gasteiger charge is 2.21. The summed E-state index contributed by atoms with van der Waals surface area (Å²) in [6, 6.07) is 22.4. The molecule has 1 atom stereocenters.